The molecule has 19 heavy (non-hydrogen) atoms. The molecule has 4 nitrogen and oxygen atoms in total. The predicted molar refractivity (Wildman–Crippen MR) is 69.5 cm³/mol. The minimum Gasteiger partial charge on any atom is -0.445 e. The fourth-order valence-corrected chi connectivity index (χ4v) is 2.85. The summed E-state index contributed by atoms with van der Waals surface area (Å²) >= 11 is 0. The van der Waals surface area contributed by atoms with Crippen molar-refractivity contribution in [2.24, 2.45) is 5.41 Å². The zero-order chi connectivity index (χ0) is 13.3. The van der Waals surface area contributed by atoms with Crippen LogP contribution in [0.15, 0.2) is 30.3 Å². The second-order valence-corrected chi connectivity index (χ2v) is 5.42. The van der Waals surface area contributed by atoms with Crippen LogP contribution >= 0.6 is 0 Å². The van der Waals surface area contributed by atoms with Crippen molar-refractivity contribution in [3.05, 3.63) is 35.9 Å². The molecule has 1 saturated carbocycles. The minimum absolute atomic E-state index is 0.230. The van der Waals surface area contributed by atoms with Gasteiger partial charge in [-0.25, -0.2) is 4.79 Å². The van der Waals surface area contributed by atoms with E-state index in [0.717, 1.165) is 18.4 Å². The lowest BCUT2D eigenvalue weighted by molar-refractivity contribution is -0.136. The largest absolute Gasteiger partial charge is 0.445 e. The fraction of sp³-hybridized carbons (Fsp3) is 0.467. The van der Waals surface area contributed by atoms with E-state index in [1.54, 1.807) is 4.90 Å². The highest BCUT2D eigenvalue weighted by atomic mass is 16.6. The highest BCUT2D eigenvalue weighted by molar-refractivity contribution is 5.91. The molecule has 0 bridgehead atoms. The monoisotopic (exact) mass is 259 g/mol. The van der Waals surface area contributed by atoms with Gasteiger partial charge in [0.2, 0.25) is 0 Å². The third kappa shape index (κ3) is 2.23. The molecule has 2 aliphatic rings. The van der Waals surface area contributed by atoms with Crippen LogP contribution in [-0.2, 0) is 16.1 Å². The summed E-state index contributed by atoms with van der Waals surface area (Å²) in [6, 6.07) is 9.61. The van der Waals surface area contributed by atoms with Crippen LogP contribution in [-0.4, -0.2) is 29.9 Å². The summed E-state index contributed by atoms with van der Waals surface area (Å²) in [5.41, 5.74) is 0.746. The maximum absolute atomic E-state index is 11.9. The van der Waals surface area contributed by atoms with Crippen LogP contribution in [0.5, 0.6) is 0 Å². The molecular weight excluding hydrogens is 242 g/mol. The number of benzene rings is 1. The SMILES string of the molecule is O=C(OCc1ccccc1)N1CC[C@]2(CCC2=O)C1. The average molecular weight is 259 g/mol. The highest BCUT2D eigenvalue weighted by Crippen LogP contribution is 2.45. The van der Waals surface area contributed by atoms with Crippen LogP contribution < -0.4 is 0 Å². The first-order valence-corrected chi connectivity index (χ1v) is 6.69. The van der Waals surface area contributed by atoms with Gasteiger partial charge in [0.1, 0.15) is 12.4 Å². The molecule has 0 N–H and O–H groups in total. The molecule has 1 spiro atoms. The van der Waals surface area contributed by atoms with Gasteiger partial charge in [0, 0.05) is 24.9 Å². The van der Waals surface area contributed by atoms with Gasteiger partial charge in [-0.2, -0.15) is 0 Å². The van der Waals surface area contributed by atoms with E-state index in [4.69, 9.17) is 4.74 Å². The van der Waals surface area contributed by atoms with Gasteiger partial charge in [0.15, 0.2) is 0 Å². The Labute approximate surface area is 112 Å². The molecule has 3 rings (SSSR count). The van der Waals surface area contributed by atoms with E-state index in [1.165, 1.54) is 0 Å². The number of ketones is 1. The molecule has 1 saturated heterocycles. The van der Waals surface area contributed by atoms with Crippen LogP contribution in [0.3, 0.4) is 0 Å². The van der Waals surface area contributed by atoms with Gasteiger partial charge in [0.25, 0.3) is 0 Å². The standard InChI is InChI=1S/C15H17NO3/c17-13-6-7-15(13)8-9-16(11-15)14(18)19-10-12-4-2-1-3-5-12/h1-5H,6-11H2/t15-/m1/s1. The third-order valence-corrected chi connectivity index (χ3v) is 4.24. The van der Waals surface area contributed by atoms with Gasteiger partial charge in [-0.05, 0) is 18.4 Å². The second kappa shape index (κ2) is 4.68. The zero-order valence-corrected chi connectivity index (χ0v) is 10.8. The number of carbonyl (C=O) groups is 2. The van der Waals surface area contributed by atoms with Crippen molar-refractivity contribution in [2.75, 3.05) is 13.1 Å². The first-order valence-electron chi connectivity index (χ1n) is 6.69. The summed E-state index contributed by atoms with van der Waals surface area (Å²) in [5, 5.41) is 0. The van der Waals surface area contributed by atoms with Crippen molar-refractivity contribution in [2.45, 2.75) is 25.9 Å². The Kier molecular flexibility index (Phi) is 3.01. The summed E-state index contributed by atoms with van der Waals surface area (Å²) in [4.78, 5) is 25.2. The first kappa shape index (κ1) is 12.2. The zero-order valence-electron chi connectivity index (χ0n) is 10.8. The number of rotatable bonds is 2. The maximum Gasteiger partial charge on any atom is 0.410 e. The summed E-state index contributed by atoms with van der Waals surface area (Å²) in [6.07, 6.45) is 2.09. The molecule has 0 unspecified atom stereocenters. The van der Waals surface area contributed by atoms with Crippen molar-refractivity contribution >= 4 is 11.9 Å². The van der Waals surface area contributed by atoms with Crippen molar-refractivity contribution in [3.8, 4) is 0 Å². The van der Waals surface area contributed by atoms with E-state index in [-0.39, 0.29) is 18.1 Å². The number of ether oxygens (including phenoxy) is 1. The number of likely N-dealkylation sites (tertiary alicyclic amines) is 1. The Bertz CT molecular complexity index is 499. The molecular formula is C15H17NO3. The molecule has 1 aromatic rings. The van der Waals surface area contributed by atoms with Crippen molar-refractivity contribution < 1.29 is 14.3 Å². The van der Waals surface area contributed by atoms with Crippen LogP contribution in [0.2, 0.25) is 0 Å². The van der Waals surface area contributed by atoms with E-state index < -0.39 is 0 Å². The average Bonchev–Trinajstić information content (AvgIpc) is 2.92. The highest BCUT2D eigenvalue weighted by Gasteiger charge is 2.51. The van der Waals surface area contributed by atoms with Gasteiger partial charge < -0.3 is 9.64 Å². The number of Topliss-reactive ketones (excluding diaryl/α,β-unsaturated/α-hetero) is 1. The smallest absolute Gasteiger partial charge is 0.410 e. The van der Waals surface area contributed by atoms with Gasteiger partial charge in [-0.15, -0.1) is 0 Å². The molecule has 1 atom stereocenters. The maximum atomic E-state index is 11.9. The normalized spacial score (nSPS) is 25.5. The molecule has 1 heterocycles. The first-order chi connectivity index (χ1) is 9.20. The Morgan fingerprint density at radius 1 is 1.26 bits per heavy atom. The van der Waals surface area contributed by atoms with Gasteiger partial charge in [-0.3, -0.25) is 4.79 Å². The molecule has 0 aromatic heterocycles. The van der Waals surface area contributed by atoms with Crippen molar-refractivity contribution in [1.29, 1.82) is 0 Å². The van der Waals surface area contributed by atoms with E-state index in [1.807, 2.05) is 30.3 Å². The van der Waals surface area contributed by atoms with Gasteiger partial charge in [-0.1, -0.05) is 30.3 Å². The summed E-state index contributed by atoms with van der Waals surface area (Å²) in [7, 11) is 0. The van der Waals surface area contributed by atoms with Crippen molar-refractivity contribution in [3.63, 3.8) is 0 Å². The molecule has 100 valence electrons. The summed E-state index contributed by atoms with van der Waals surface area (Å²) in [5.74, 6) is 0.311. The Morgan fingerprint density at radius 3 is 2.63 bits per heavy atom. The molecule has 1 aliphatic carbocycles. The molecule has 1 aliphatic heterocycles. The second-order valence-electron chi connectivity index (χ2n) is 5.42. The Morgan fingerprint density at radius 2 is 2.05 bits per heavy atom. The van der Waals surface area contributed by atoms with Crippen LogP contribution in [0.1, 0.15) is 24.8 Å². The number of hydrogen-bond acceptors (Lipinski definition) is 3. The lowest BCUT2D eigenvalue weighted by atomic mass is 9.67. The molecule has 4 heteroatoms. The number of amides is 1. The Hall–Kier alpha value is -1.84. The molecule has 2 fully saturated rings. The fourth-order valence-electron chi connectivity index (χ4n) is 2.85. The lowest BCUT2D eigenvalue weighted by Crippen LogP contribution is -2.44. The van der Waals surface area contributed by atoms with E-state index >= 15 is 0 Å². The van der Waals surface area contributed by atoms with E-state index in [0.29, 0.717) is 25.3 Å². The van der Waals surface area contributed by atoms with Gasteiger partial charge >= 0.3 is 6.09 Å². The van der Waals surface area contributed by atoms with Crippen molar-refractivity contribution in [1.82, 2.24) is 4.90 Å². The van der Waals surface area contributed by atoms with Gasteiger partial charge in [0.05, 0.1) is 0 Å². The molecule has 0 radical (unpaired) electrons. The summed E-state index contributed by atoms with van der Waals surface area (Å²) in [6.45, 7) is 1.47. The third-order valence-electron chi connectivity index (χ3n) is 4.24. The topological polar surface area (TPSA) is 46.6 Å². The predicted octanol–water partition coefficient (Wildman–Crippen LogP) is 2.38. The Balaban J connectivity index is 1.53. The van der Waals surface area contributed by atoms with E-state index in [9.17, 15) is 9.59 Å². The van der Waals surface area contributed by atoms with Crippen LogP contribution in [0, 0.1) is 5.41 Å². The molecule has 1 aromatic carbocycles. The van der Waals surface area contributed by atoms with Crippen LogP contribution in [0.4, 0.5) is 4.79 Å². The minimum atomic E-state index is -0.305. The molecule has 1 amide bonds. The lowest BCUT2D eigenvalue weighted by Gasteiger charge is -2.35. The number of nitrogens with zero attached hydrogens (tertiary/aromatic N) is 1. The van der Waals surface area contributed by atoms with Crippen LogP contribution in [0.25, 0.3) is 0 Å². The quantitative estimate of drug-likeness (QED) is 0.819. The summed E-state index contributed by atoms with van der Waals surface area (Å²) < 4.78 is 5.28. The number of carbonyl (C=O) groups excluding carboxylic acids is 2. The number of hydrogen-bond donors (Lipinski definition) is 0. The van der Waals surface area contributed by atoms with E-state index in [2.05, 4.69) is 0 Å².